The van der Waals surface area contributed by atoms with E-state index in [1.54, 1.807) is 0 Å². The molecule has 0 aliphatic carbocycles. The van der Waals surface area contributed by atoms with Crippen molar-refractivity contribution in [3.05, 3.63) is 28.7 Å². The maximum absolute atomic E-state index is 5.78. The lowest BCUT2D eigenvalue weighted by Gasteiger charge is -2.23. The number of anilines is 1. The van der Waals surface area contributed by atoms with Gasteiger partial charge in [0.25, 0.3) is 0 Å². The van der Waals surface area contributed by atoms with Gasteiger partial charge in [0.1, 0.15) is 0 Å². The summed E-state index contributed by atoms with van der Waals surface area (Å²) < 4.78 is 6.72. The Morgan fingerprint density at radius 1 is 1.56 bits per heavy atom. The van der Waals surface area contributed by atoms with Crippen LogP contribution in [0.5, 0.6) is 0 Å². The Kier molecular flexibility index (Phi) is 4.21. The highest BCUT2D eigenvalue weighted by atomic mass is 79.9. The first-order valence-corrected chi connectivity index (χ1v) is 6.42. The molecule has 0 spiro atoms. The van der Waals surface area contributed by atoms with Gasteiger partial charge in [0.05, 0.1) is 12.1 Å². The highest BCUT2D eigenvalue weighted by Gasteiger charge is 2.24. The van der Waals surface area contributed by atoms with E-state index >= 15 is 0 Å². The highest BCUT2D eigenvalue weighted by Crippen LogP contribution is 2.21. The molecule has 2 unspecified atom stereocenters. The second-order valence-corrected chi connectivity index (χ2v) is 4.96. The lowest BCUT2D eigenvalue weighted by molar-refractivity contribution is 0.0973. The summed E-state index contributed by atoms with van der Waals surface area (Å²) in [6, 6.07) is 8.32. The van der Waals surface area contributed by atoms with Crippen LogP contribution in [0.2, 0.25) is 0 Å². The number of hydrogen-bond acceptors (Lipinski definition) is 3. The Hall–Kier alpha value is -0.580. The fourth-order valence-electron chi connectivity index (χ4n) is 2.02. The maximum Gasteiger partial charge on any atom is 0.0789 e. The Balaban J connectivity index is 2.00. The van der Waals surface area contributed by atoms with Gasteiger partial charge in [-0.2, -0.15) is 0 Å². The maximum atomic E-state index is 5.78. The smallest absolute Gasteiger partial charge is 0.0789 e. The molecule has 0 amide bonds. The van der Waals surface area contributed by atoms with Crippen LogP contribution in [-0.2, 0) is 4.74 Å². The van der Waals surface area contributed by atoms with Crippen molar-refractivity contribution in [2.24, 2.45) is 5.73 Å². The molecule has 0 bridgehead atoms. The van der Waals surface area contributed by atoms with Crippen LogP contribution in [0, 0.1) is 0 Å². The van der Waals surface area contributed by atoms with Gasteiger partial charge in [0, 0.05) is 23.3 Å². The molecule has 0 aromatic heterocycles. The summed E-state index contributed by atoms with van der Waals surface area (Å²) in [5.74, 6) is 0. The average molecular weight is 285 g/mol. The number of benzene rings is 1. The molecule has 3 nitrogen and oxygen atoms in total. The predicted molar refractivity (Wildman–Crippen MR) is 69.6 cm³/mol. The molecule has 1 aromatic carbocycles. The summed E-state index contributed by atoms with van der Waals surface area (Å²) in [4.78, 5) is 0. The van der Waals surface area contributed by atoms with Crippen molar-refractivity contribution >= 4 is 21.6 Å². The average Bonchev–Trinajstić information content (AvgIpc) is 2.79. The molecule has 0 saturated carbocycles. The van der Waals surface area contributed by atoms with Gasteiger partial charge in [-0.25, -0.2) is 0 Å². The second kappa shape index (κ2) is 5.66. The second-order valence-electron chi connectivity index (χ2n) is 4.05. The van der Waals surface area contributed by atoms with Gasteiger partial charge in [-0.1, -0.05) is 22.0 Å². The zero-order valence-corrected chi connectivity index (χ0v) is 10.7. The van der Waals surface area contributed by atoms with Crippen LogP contribution < -0.4 is 11.1 Å². The molecule has 1 fully saturated rings. The number of nitrogens with two attached hydrogens (primary N) is 1. The molecule has 1 saturated heterocycles. The van der Waals surface area contributed by atoms with Crippen molar-refractivity contribution in [2.45, 2.75) is 25.0 Å². The van der Waals surface area contributed by atoms with Gasteiger partial charge in [-0.15, -0.1) is 0 Å². The lowest BCUT2D eigenvalue weighted by atomic mass is 10.1. The fourth-order valence-corrected chi connectivity index (χ4v) is 2.42. The van der Waals surface area contributed by atoms with E-state index < -0.39 is 0 Å². The Morgan fingerprint density at radius 3 is 3.06 bits per heavy atom. The Labute approximate surface area is 104 Å². The van der Waals surface area contributed by atoms with Crippen molar-refractivity contribution in [2.75, 3.05) is 18.5 Å². The van der Waals surface area contributed by atoms with Gasteiger partial charge >= 0.3 is 0 Å². The monoisotopic (exact) mass is 284 g/mol. The molecule has 3 N–H and O–H groups in total. The van der Waals surface area contributed by atoms with Crippen LogP contribution in [0.3, 0.4) is 0 Å². The van der Waals surface area contributed by atoms with E-state index in [1.807, 2.05) is 18.2 Å². The van der Waals surface area contributed by atoms with E-state index in [0.29, 0.717) is 6.54 Å². The third kappa shape index (κ3) is 2.97. The quantitative estimate of drug-likeness (QED) is 0.892. The predicted octanol–water partition coefficient (Wildman–Crippen LogP) is 2.37. The minimum atomic E-state index is 0.205. The SMILES string of the molecule is NCC(Nc1cccc(Br)c1)C1CCCO1. The van der Waals surface area contributed by atoms with Crippen molar-refractivity contribution in [1.82, 2.24) is 0 Å². The molecule has 4 heteroatoms. The van der Waals surface area contributed by atoms with Crippen LogP contribution in [0.1, 0.15) is 12.8 Å². The van der Waals surface area contributed by atoms with Gasteiger partial charge in [0.15, 0.2) is 0 Å². The fraction of sp³-hybridized carbons (Fsp3) is 0.500. The zero-order chi connectivity index (χ0) is 11.4. The van der Waals surface area contributed by atoms with Crippen LogP contribution >= 0.6 is 15.9 Å². The van der Waals surface area contributed by atoms with Crippen molar-refractivity contribution in [3.63, 3.8) is 0 Å². The summed E-state index contributed by atoms with van der Waals surface area (Å²) in [7, 11) is 0. The lowest BCUT2D eigenvalue weighted by Crippen LogP contribution is -2.39. The molecular formula is C12H17BrN2O. The molecule has 0 radical (unpaired) electrons. The first-order valence-electron chi connectivity index (χ1n) is 5.63. The summed E-state index contributed by atoms with van der Waals surface area (Å²) >= 11 is 3.46. The molecule has 1 heterocycles. The normalized spacial score (nSPS) is 22.0. The van der Waals surface area contributed by atoms with E-state index in [1.165, 1.54) is 0 Å². The van der Waals surface area contributed by atoms with Gasteiger partial charge in [-0.05, 0) is 31.0 Å². The third-order valence-corrected chi connectivity index (χ3v) is 3.34. The van der Waals surface area contributed by atoms with E-state index in [2.05, 4.69) is 27.3 Å². The molecule has 1 aliphatic rings. The molecule has 1 aromatic rings. The largest absolute Gasteiger partial charge is 0.378 e. The van der Waals surface area contributed by atoms with E-state index in [4.69, 9.17) is 10.5 Å². The molecule has 1 aliphatic heterocycles. The van der Waals surface area contributed by atoms with E-state index in [-0.39, 0.29) is 12.1 Å². The third-order valence-electron chi connectivity index (χ3n) is 2.84. The first kappa shape index (κ1) is 11.9. The first-order chi connectivity index (χ1) is 7.79. The summed E-state index contributed by atoms with van der Waals surface area (Å²) in [6.45, 7) is 1.46. The number of nitrogens with one attached hydrogen (secondary N) is 1. The number of rotatable bonds is 4. The minimum absolute atomic E-state index is 0.205. The van der Waals surface area contributed by atoms with Crippen molar-refractivity contribution in [3.8, 4) is 0 Å². The summed E-state index contributed by atoms with van der Waals surface area (Å²) in [6.07, 6.45) is 2.49. The molecule has 88 valence electrons. The van der Waals surface area contributed by atoms with E-state index in [0.717, 1.165) is 29.6 Å². The van der Waals surface area contributed by atoms with Gasteiger partial charge in [-0.3, -0.25) is 0 Å². The number of hydrogen-bond donors (Lipinski definition) is 2. The molecular weight excluding hydrogens is 268 g/mol. The number of ether oxygens (including phenoxy) is 1. The van der Waals surface area contributed by atoms with Crippen LogP contribution in [0.15, 0.2) is 28.7 Å². The summed E-state index contributed by atoms with van der Waals surface area (Å²) in [5, 5.41) is 3.43. The van der Waals surface area contributed by atoms with Crippen LogP contribution in [-0.4, -0.2) is 25.3 Å². The van der Waals surface area contributed by atoms with Crippen LogP contribution in [0.4, 0.5) is 5.69 Å². The summed E-state index contributed by atoms with van der Waals surface area (Å²) in [5.41, 5.74) is 6.87. The van der Waals surface area contributed by atoms with Gasteiger partial charge in [0.2, 0.25) is 0 Å². The molecule has 16 heavy (non-hydrogen) atoms. The Bertz CT molecular complexity index is 340. The topological polar surface area (TPSA) is 47.3 Å². The number of halogens is 1. The highest BCUT2D eigenvalue weighted by molar-refractivity contribution is 9.10. The van der Waals surface area contributed by atoms with Gasteiger partial charge < -0.3 is 15.8 Å². The van der Waals surface area contributed by atoms with Crippen LogP contribution in [0.25, 0.3) is 0 Å². The van der Waals surface area contributed by atoms with Crippen molar-refractivity contribution in [1.29, 1.82) is 0 Å². The van der Waals surface area contributed by atoms with Crippen molar-refractivity contribution < 1.29 is 4.74 Å². The van der Waals surface area contributed by atoms with E-state index in [9.17, 15) is 0 Å². The Morgan fingerprint density at radius 2 is 2.44 bits per heavy atom. The zero-order valence-electron chi connectivity index (χ0n) is 9.16. The minimum Gasteiger partial charge on any atom is -0.378 e. The standard InChI is InChI=1S/C12H17BrN2O/c13-9-3-1-4-10(7-9)15-11(8-14)12-5-2-6-16-12/h1,3-4,7,11-12,15H,2,5-6,8,14H2. The molecule has 2 rings (SSSR count). The molecule has 2 atom stereocenters.